The molecule has 0 radical (unpaired) electrons. The summed E-state index contributed by atoms with van der Waals surface area (Å²) in [5, 5.41) is 0.418. The molecule has 1 aromatic heterocycles. The Balaban J connectivity index is 1.56. The fourth-order valence-electron chi connectivity index (χ4n) is 2.71. The minimum atomic E-state index is -5.52. The summed E-state index contributed by atoms with van der Waals surface area (Å²) in [6, 6.07) is 9.92. The second kappa shape index (κ2) is 10.1. The fourth-order valence-corrected chi connectivity index (χ4v) is 4.38. The van der Waals surface area contributed by atoms with Crippen molar-refractivity contribution >= 4 is 38.6 Å². The fraction of sp³-hybridized carbons (Fsp3) is 0.250. The van der Waals surface area contributed by atoms with Crippen molar-refractivity contribution in [2.45, 2.75) is 24.7 Å². The summed E-state index contributed by atoms with van der Waals surface area (Å²) in [5.41, 5.74) is -5.08. The van der Waals surface area contributed by atoms with Gasteiger partial charge >= 0.3 is 21.7 Å². The third kappa shape index (κ3) is 6.62. The van der Waals surface area contributed by atoms with Crippen LogP contribution in [0.5, 0.6) is 0 Å². The van der Waals surface area contributed by atoms with Crippen LogP contribution in [0.15, 0.2) is 48.5 Å². The van der Waals surface area contributed by atoms with Gasteiger partial charge in [-0.05, 0) is 36.2 Å². The number of alkyl halides is 6. The number of hydrogen-bond acceptors (Lipinski definition) is 5. The van der Waals surface area contributed by atoms with Crippen LogP contribution < -0.4 is 4.72 Å². The van der Waals surface area contributed by atoms with Gasteiger partial charge in [0.1, 0.15) is 9.34 Å². The van der Waals surface area contributed by atoms with Gasteiger partial charge in [-0.15, -0.1) is 11.3 Å². The Morgan fingerprint density at radius 2 is 1.71 bits per heavy atom. The molecule has 14 heteroatoms. The van der Waals surface area contributed by atoms with E-state index in [2.05, 4.69) is 4.98 Å². The number of rotatable bonds is 8. The van der Waals surface area contributed by atoms with Crippen molar-refractivity contribution < 1.29 is 39.5 Å². The second-order valence-electron chi connectivity index (χ2n) is 6.87. The summed E-state index contributed by atoms with van der Waals surface area (Å²) in [6.45, 7) is 0.120. The molecule has 1 heterocycles. The van der Waals surface area contributed by atoms with E-state index in [4.69, 9.17) is 16.3 Å². The van der Waals surface area contributed by atoms with E-state index in [9.17, 15) is 34.8 Å². The van der Waals surface area contributed by atoms with Crippen LogP contribution in [0.4, 0.5) is 32.0 Å². The molecule has 5 nitrogen and oxygen atoms in total. The molecular formula is C20H15ClF6N2O3S2. The zero-order chi connectivity index (χ0) is 25.1. The molecule has 0 aliphatic carbocycles. The number of thiazole rings is 1. The van der Waals surface area contributed by atoms with Crippen LogP contribution in [0.25, 0.3) is 10.6 Å². The van der Waals surface area contributed by atoms with Gasteiger partial charge in [0.2, 0.25) is 0 Å². The first-order valence-corrected chi connectivity index (χ1v) is 12.0. The smallest absolute Gasteiger partial charge is 0.375 e. The lowest BCUT2D eigenvalue weighted by molar-refractivity contribution is -0.137. The Bertz CT molecular complexity index is 1240. The first kappa shape index (κ1) is 26.3. The highest BCUT2D eigenvalue weighted by molar-refractivity contribution is 7.93. The number of anilines is 1. The average molecular weight is 545 g/mol. The number of benzene rings is 2. The normalized spacial score (nSPS) is 12.7. The molecule has 0 saturated heterocycles. The molecule has 0 saturated carbocycles. The summed E-state index contributed by atoms with van der Waals surface area (Å²) in [5.74, 6) is 0. The monoisotopic (exact) mass is 544 g/mol. The van der Waals surface area contributed by atoms with Gasteiger partial charge in [-0.2, -0.15) is 34.8 Å². The molecule has 1 N–H and O–H groups in total. The molecule has 0 unspecified atom stereocenters. The average Bonchev–Trinajstić information content (AvgIpc) is 3.10. The van der Waals surface area contributed by atoms with E-state index in [-0.39, 0.29) is 25.3 Å². The molecule has 0 spiro atoms. The van der Waals surface area contributed by atoms with Gasteiger partial charge in [-0.25, -0.2) is 4.98 Å². The second-order valence-corrected chi connectivity index (χ2v) is 10.1. The topological polar surface area (TPSA) is 68.3 Å². The van der Waals surface area contributed by atoms with Crippen molar-refractivity contribution in [3.8, 4) is 10.6 Å². The molecule has 0 aliphatic heterocycles. The molecule has 0 aliphatic rings. The molecule has 0 amide bonds. The molecule has 3 aromatic rings. The number of halogens is 7. The summed E-state index contributed by atoms with van der Waals surface area (Å²) < 4.78 is 105. The number of nitrogens with zero attached hydrogens (tertiary/aromatic N) is 1. The maximum atomic E-state index is 12.7. The standard InChI is InChI=1S/C20H15ClF6N2O3S2/c21-17-16(28-18(33-17)13-4-6-14(7-5-13)19(22,23)24)11-32-9-8-12-2-1-3-15(10-12)29-34(30,31)20(25,26)27/h1-7,10,29H,8-9,11H2. The number of sulfonamides is 1. The van der Waals surface area contributed by atoms with Gasteiger partial charge in [-0.1, -0.05) is 35.9 Å². The van der Waals surface area contributed by atoms with Crippen LogP contribution in [-0.2, 0) is 34.0 Å². The summed E-state index contributed by atoms with van der Waals surface area (Å²) in [6.07, 6.45) is -4.19. The minimum Gasteiger partial charge on any atom is -0.375 e. The largest absolute Gasteiger partial charge is 0.516 e. The van der Waals surface area contributed by atoms with Crippen molar-refractivity contribution in [2.75, 3.05) is 11.3 Å². The van der Waals surface area contributed by atoms with Gasteiger partial charge < -0.3 is 4.74 Å². The van der Waals surface area contributed by atoms with Crippen LogP contribution in [0.1, 0.15) is 16.8 Å². The molecule has 0 fully saturated rings. The molecule has 0 bridgehead atoms. The minimum absolute atomic E-state index is 0.00361. The van der Waals surface area contributed by atoms with E-state index in [1.54, 1.807) is 6.07 Å². The Morgan fingerprint density at radius 1 is 1.03 bits per heavy atom. The van der Waals surface area contributed by atoms with E-state index in [0.717, 1.165) is 23.5 Å². The lowest BCUT2D eigenvalue weighted by Crippen LogP contribution is -2.29. The summed E-state index contributed by atoms with van der Waals surface area (Å²) >= 11 is 7.23. The molecular weight excluding hydrogens is 530 g/mol. The van der Waals surface area contributed by atoms with Gasteiger partial charge in [-0.3, -0.25) is 4.72 Å². The Morgan fingerprint density at radius 3 is 2.32 bits per heavy atom. The Labute approximate surface area is 199 Å². The zero-order valence-corrected chi connectivity index (χ0v) is 19.3. The maximum Gasteiger partial charge on any atom is 0.516 e. The van der Waals surface area contributed by atoms with E-state index in [0.29, 0.717) is 26.2 Å². The number of aromatic nitrogens is 1. The molecule has 2 aromatic carbocycles. The first-order valence-electron chi connectivity index (χ1n) is 9.35. The maximum absolute atomic E-state index is 12.7. The Kier molecular flexibility index (Phi) is 7.80. The van der Waals surface area contributed by atoms with Crippen LogP contribution in [0.2, 0.25) is 4.34 Å². The van der Waals surface area contributed by atoms with Crippen LogP contribution >= 0.6 is 22.9 Å². The third-order valence-corrected chi connectivity index (χ3v) is 6.87. The molecule has 0 atom stereocenters. The van der Waals surface area contributed by atoms with Crippen LogP contribution in [0, 0.1) is 0 Å². The van der Waals surface area contributed by atoms with Gasteiger partial charge in [0.15, 0.2) is 0 Å². The number of nitrogens with one attached hydrogen (secondary N) is 1. The van der Waals surface area contributed by atoms with Gasteiger partial charge in [0, 0.05) is 11.3 Å². The van der Waals surface area contributed by atoms with Gasteiger partial charge in [0.05, 0.1) is 24.5 Å². The third-order valence-electron chi connectivity index (χ3n) is 4.37. The summed E-state index contributed by atoms with van der Waals surface area (Å²) in [4.78, 5) is 4.29. The number of hydrogen-bond donors (Lipinski definition) is 1. The van der Waals surface area contributed by atoms with Crippen molar-refractivity contribution in [1.29, 1.82) is 0 Å². The van der Waals surface area contributed by atoms with E-state index >= 15 is 0 Å². The summed E-state index contributed by atoms with van der Waals surface area (Å²) in [7, 11) is -5.52. The van der Waals surface area contributed by atoms with Crippen molar-refractivity contribution in [1.82, 2.24) is 4.98 Å². The predicted octanol–water partition coefficient (Wildman–Crippen LogP) is 6.50. The lowest BCUT2D eigenvalue weighted by Gasteiger charge is -2.11. The molecule has 184 valence electrons. The highest BCUT2D eigenvalue weighted by Crippen LogP contribution is 2.35. The first-order chi connectivity index (χ1) is 15.8. The van der Waals surface area contributed by atoms with E-state index in [1.165, 1.54) is 35.1 Å². The van der Waals surface area contributed by atoms with E-state index in [1.807, 2.05) is 0 Å². The molecule has 3 rings (SSSR count). The van der Waals surface area contributed by atoms with Crippen molar-refractivity contribution in [2.24, 2.45) is 0 Å². The molecule has 34 heavy (non-hydrogen) atoms. The van der Waals surface area contributed by atoms with E-state index < -0.39 is 27.3 Å². The van der Waals surface area contributed by atoms with Gasteiger partial charge in [0.25, 0.3) is 0 Å². The SMILES string of the molecule is O=S(=O)(Nc1cccc(CCOCc2nc(-c3ccc(C(F)(F)F)cc3)sc2Cl)c1)C(F)(F)F. The highest BCUT2D eigenvalue weighted by atomic mass is 35.5. The quantitative estimate of drug-likeness (QED) is 0.259. The zero-order valence-electron chi connectivity index (χ0n) is 16.9. The predicted molar refractivity (Wildman–Crippen MR) is 116 cm³/mol. The van der Waals surface area contributed by atoms with Crippen molar-refractivity contribution in [3.63, 3.8) is 0 Å². The van der Waals surface area contributed by atoms with Crippen LogP contribution in [0.3, 0.4) is 0 Å². The van der Waals surface area contributed by atoms with Crippen LogP contribution in [-0.4, -0.2) is 25.5 Å². The Hall–Kier alpha value is -2.35. The number of ether oxygens (including phenoxy) is 1. The van der Waals surface area contributed by atoms with Crippen molar-refractivity contribution in [3.05, 3.63) is 69.7 Å². The highest BCUT2D eigenvalue weighted by Gasteiger charge is 2.46. The lowest BCUT2D eigenvalue weighted by atomic mass is 10.1.